The first-order valence-electron chi connectivity index (χ1n) is 6.15. The Morgan fingerprint density at radius 2 is 1.61 bits per heavy atom. The standard InChI is InChI=1S/C9H8O2.C6H6O5S/c10-9(11)7-6-8-4-2-1-3-5-8;7-4-1-2-5(8)6(3-4)12(9,10)11/h1-7H,(H,10,11);1-3,7-8H,(H,9,10,11)/b7-6+;. The molecule has 2 aromatic carbocycles. The molecule has 8 heteroatoms. The molecule has 2 aromatic rings. The lowest BCUT2D eigenvalue weighted by molar-refractivity contribution is -0.131. The predicted octanol–water partition coefficient (Wildman–Crippen LogP) is 2.13. The van der Waals surface area contributed by atoms with Crippen LogP contribution >= 0.6 is 0 Å². The lowest BCUT2D eigenvalue weighted by atomic mass is 10.2. The van der Waals surface area contributed by atoms with Crippen molar-refractivity contribution in [2.45, 2.75) is 4.90 Å². The molecule has 0 saturated heterocycles. The summed E-state index contributed by atoms with van der Waals surface area (Å²) in [5, 5.41) is 26.0. The second-order valence-electron chi connectivity index (χ2n) is 4.21. The zero-order valence-corrected chi connectivity index (χ0v) is 12.5. The van der Waals surface area contributed by atoms with Crippen LogP contribution in [0.1, 0.15) is 5.56 Å². The van der Waals surface area contributed by atoms with Crippen molar-refractivity contribution >= 4 is 22.2 Å². The fourth-order valence-corrected chi connectivity index (χ4v) is 2.04. The minimum Gasteiger partial charge on any atom is -0.508 e. The van der Waals surface area contributed by atoms with Gasteiger partial charge in [0.2, 0.25) is 0 Å². The number of hydrogen-bond acceptors (Lipinski definition) is 5. The zero-order chi connectivity index (χ0) is 17.5. The largest absolute Gasteiger partial charge is 0.508 e. The summed E-state index contributed by atoms with van der Waals surface area (Å²) in [4.78, 5) is 9.38. The van der Waals surface area contributed by atoms with Crippen LogP contribution < -0.4 is 0 Å². The molecule has 0 aromatic heterocycles. The van der Waals surface area contributed by atoms with Gasteiger partial charge in [0.25, 0.3) is 10.1 Å². The van der Waals surface area contributed by atoms with Crippen molar-refractivity contribution in [2.75, 3.05) is 0 Å². The summed E-state index contributed by atoms with van der Waals surface area (Å²) in [5.41, 5.74) is 0.898. The van der Waals surface area contributed by atoms with Crippen LogP contribution in [0, 0.1) is 0 Å². The van der Waals surface area contributed by atoms with E-state index in [1.165, 1.54) is 0 Å². The third kappa shape index (κ3) is 6.64. The number of phenolic OH excluding ortho intramolecular Hbond substituents is 2. The summed E-state index contributed by atoms with van der Waals surface area (Å²) in [6.45, 7) is 0. The molecule has 0 radical (unpaired) electrons. The molecule has 0 fully saturated rings. The number of carboxylic acids is 1. The third-order valence-electron chi connectivity index (χ3n) is 2.44. The van der Waals surface area contributed by atoms with Gasteiger partial charge in [-0.15, -0.1) is 0 Å². The number of benzene rings is 2. The quantitative estimate of drug-likeness (QED) is 0.383. The summed E-state index contributed by atoms with van der Waals surface area (Å²) in [7, 11) is -4.47. The normalized spacial score (nSPS) is 10.8. The van der Waals surface area contributed by atoms with E-state index in [4.69, 9.17) is 19.9 Å². The molecule has 0 heterocycles. The fourth-order valence-electron chi connectivity index (χ4n) is 1.44. The van der Waals surface area contributed by atoms with Crippen LogP contribution in [0.25, 0.3) is 6.08 Å². The molecule has 2 rings (SSSR count). The van der Waals surface area contributed by atoms with Gasteiger partial charge in [0.15, 0.2) is 0 Å². The molecular formula is C15H14O7S. The van der Waals surface area contributed by atoms with Gasteiger partial charge < -0.3 is 15.3 Å². The number of aromatic hydroxyl groups is 2. The summed E-state index contributed by atoms with van der Waals surface area (Å²) in [5.74, 6) is -1.87. The Morgan fingerprint density at radius 1 is 1.00 bits per heavy atom. The van der Waals surface area contributed by atoms with E-state index in [1.807, 2.05) is 30.3 Å². The van der Waals surface area contributed by atoms with Gasteiger partial charge in [0.05, 0.1) is 0 Å². The number of aliphatic carboxylic acids is 1. The highest BCUT2D eigenvalue weighted by molar-refractivity contribution is 7.86. The van der Waals surface area contributed by atoms with Gasteiger partial charge in [-0.2, -0.15) is 8.42 Å². The second-order valence-corrected chi connectivity index (χ2v) is 5.60. The smallest absolute Gasteiger partial charge is 0.328 e. The van der Waals surface area contributed by atoms with Crippen molar-refractivity contribution < 1.29 is 33.1 Å². The maximum atomic E-state index is 10.5. The Kier molecular flexibility index (Phi) is 6.31. The van der Waals surface area contributed by atoms with Crippen LogP contribution in [0.4, 0.5) is 0 Å². The molecule has 0 bridgehead atoms. The van der Waals surface area contributed by atoms with Crippen LogP contribution in [0.3, 0.4) is 0 Å². The van der Waals surface area contributed by atoms with Crippen LogP contribution in [-0.4, -0.2) is 34.3 Å². The lowest BCUT2D eigenvalue weighted by Gasteiger charge is -2.00. The van der Waals surface area contributed by atoms with Gasteiger partial charge in [-0.3, -0.25) is 4.55 Å². The topological polar surface area (TPSA) is 132 Å². The molecule has 0 spiro atoms. The Labute approximate surface area is 132 Å². The van der Waals surface area contributed by atoms with Crippen LogP contribution in [0.15, 0.2) is 59.5 Å². The van der Waals surface area contributed by atoms with Crippen molar-refractivity contribution in [3.05, 3.63) is 60.2 Å². The van der Waals surface area contributed by atoms with Crippen molar-refractivity contribution in [1.82, 2.24) is 0 Å². The minimum atomic E-state index is -4.47. The van der Waals surface area contributed by atoms with Gasteiger partial charge in [-0.05, 0) is 23.8 Å². The van der Waals surface area contributed by atoms with Crippen LogP contribution in [0.2, 0.25) is 0 Å². The highest BCUT2D eigenvalue weighted by Crippen LogP contribution is 2.25. The predicted molar refractivity (Wildman–Crippen MR) is 82.7 cm³/mol. The first-order chi connectivity index (χ1) is 10.7. The number of carboxylic acid groups (broad SMARTS) is 1. The number of phenols is 2. The van der Waals surface area contributed by atoms with Gasteiger partial charge >= 0.3 is 5.97 Å². The molecule has 23 heavy (non-hydrogen) atoms. The Morgan fingerprint density at radius 3 is 2.09 bits per heavy atom. The molecule has 122 valence electrons. The molecule has 0 atom stereocenters. The molecule has 0 unspecified atom stereocenters. The number of carbonyl (C=O) groups is 1. The molecule has 0 aliphatic carbocycles. The van der Waals surface area contributed by atoms with E-state index < -0.39 is 26.7 Å². The monoisotopic (exact) mass is 338 g/mol. The molecule has 0 saturated carbocycles. The molecule has 0 aliphatic rings. The van der Waals surface area contributed by atoms with Crippen LogP contribution in [0.5, 0.6) is 11.5 Å². The van der Waals surface area contributed by atoms with Gasteiger partial charge in [-0.25, -0.2) is 4.79 Å². The maximum Gasteiger partial charge on any atom is 0.328 e. The fraction of sp³-hybridized carbons (Fsp3) is 0. The Bertz CT molecular complexity index is 796. The van der Waals surface area contributed by atoms with E-state index in [0.717, 1.165) is 29.8 Å². The van der Waals surface area contributed by atoms with Crippen molar-refractivity contribution in [3.8, 4) is 11.5 Å². The summed E-state index contributed by atoms with van der Waals surface area (Å²) < 4.78 is 29.5. The second kappa shape index (κ2) is 7.97. The highest BCUT2D eigenvalue weighted by atomic mass is 32.2. The van der Waals surface area contributed by atoms with Gasteiger partial charge in [0.1, 0.15) is 16.4 Å². The van der Waals surface area contributed by atoms with Gasteiger partial charge in [0, 0.05) is 12.1 Å². The molecule has 0 amide bonds. The SMILES string of the molecule is O=C(O)/C=C/c1ccccc1.O=S(=O)(O)c1cc(O)ccc1O. The minimum absolute atomic E-state index is 0.347. The van der Waals surface area contributed by atoms with E-state index in [-0.39, 0.29) is 5.75 Å². The lowest BCUT2D eigenvalue weighted by Crippen LogP contribution is -1.97. The summed E-state index contributed by atoms with van der Waals surface area (Å²) in [6.07, 6.45) is 2.68. The van der Waals surface area contributed by atoms with Gasteiger partial charge in [-0.1, -0.05) is 30.3 Å². The number of rotatable bonds is 3. The van der Waals surface area contributed by atoms with E-state index in [9.17, 15) is 13.2 Å². The van der Waals surface area contributed by atoms with Crippen molar-refractivity contribution in [2.24, 2.45) is 0 Å². The Balaban J connectivity index is 0.000000231. The Hall–Kier alpha value is -2.84. The van der Waals surface area contributed by atoms with E-state index in [0.29, 0.717) is 0 Å². The molecule has 7 nitrogen and oxygen atoms in total. The average molecular weight is 338 g/mol. The molecular weight excluding hydrogens is 324 g/mol. The van der Waals surface area contributed by atoms with E-state index in [1.54, 1.807) is 6.08 Å². The van der Waals surface area contributed by atoms with E-state index in [2.05, 4.69) is 0 Å². The zero-order valence-electron chi connectivity index (χ0n) is 11.7. The molecule has 4 N–H and O–H groups in total. The maximum absolute atomic E-state index is 10.5. The van der Waals surface area contributed by atoms with Crippen molar-refractivity contribution in [3.63, 3.8) is 0 Å². The molecule has 0 aliphatic heterocycles. The van der Waals surface area contributed by atoms with E-state index >= 15 is 0 Å². The summed E-state index contributed by atoms with van der Waals surface area (Å²) >= 11 is 0. The summed E-state index contributed by atoms with van der Waals surface area (Å²) in [6, 6.07) is 12.1. The van der Waals surface area contributed by atoms with Crippen molar-refractivity contribution in [1.29, 1.82) is 0 Å². The first-order valence-corrected chi connectivity index (χ1v) is 7.59. The van der Waals surface area contributed by atoms with Crippen LogP contribution in [-0.2, 0) is 14.9 Å². The average Bonchev–Trinajstić information content (AvgIpc) is 2.48. The number of hydrogen-bond donors (Lipinski definition) is 4. The third-order valence-corrected chi connectivity index (χ3v) is 3.32. The highest BCUT2D eigenvalue weighted by Gasteiger charge is 2.15. The first kappa shape index (κ1) is 18.2.